The number of para-hydroxylation sites is 1. The number of aromatic nitrogens is 2. The summed E-state index contributed by atoms with van der Waals surface area (Å²) in [7, 11) is 0. The molecule has 0 atom stereocenters. The maximum Gasteiger partial charge on any atom is 0.241 e. The van der Waals surface area contributed by atoms with Gasteiger partial charge in [0, 0.05) is 30.9 Å². The zero-order chi connectivity index (χ0) is 20.8. The summed E-state index contributed by atoms with van der Waals surface area (Å²) in [6.45, 7) is 1.71. The van der Waals surface area contributed by atoms with Crippen LogP contribution in [0, 0.1) is 0 Å². The van der Waals surface area contributed by atoms with Crippen LogP contribution in [0.4, 0.5) is 17.3 Å². The minimum atomic E-state index is 0.0897. The summed E-state index contributed by atoms with van der Waals surface area (Å²) >= 11 is 6.14. The largest absolute Gasteiger partial charge is 0.375 e. The van der Waals surface area contributed by atoms with Gasteiger partial charge in [0.25, 0.3) is 0 Å². The van der Waals surface area contributed by atoms with Crippen molar-refractivity contribution in [3.63, 3.8) is 0 Å². The summed E-state index contributed by atoms with van der Waals surface area (Å²) in [5.74, 6) is 1.99. The van der Waals surface area contributed by atoms with Crippen molar-refractivity contribution in [3.05, 3.63) is 77.6 Å². The summed E-state index contributed by atoms with van der Waals surface area (Å²) in [5, 5.41) is 6.99. The Morgan fingerprint density at radius 1 is 1.00 bits per heavy atom. The highest BCUT2D eigenvalue weighted by molar-refractivity contribution is 6.33. The number of rotatable bonds is 6. The lowest BCUT2D eigenvalue weighted by Gasteiger charge is -2.32. The molecule has 7 heteroatoms. The molecule has 0 radical (unpaired) electrons. The number of benzene rings is 1. The molecule has 0 saturated carbocycles. The first-order valence-electron chi connectivity index (χ1n) is 10.1. The van der Waals surface area contributed by atoms with E-state index in [0.29, 0.717) is 10.9 Å². The van der Waals surface area contributed by atoms with Gasteiger partial charge in [0.05, 0.1) is 17.3 Å². The molecule has 1 amide bonds. The Balaban J connectivity index is 1.30. The summed E-state index contributed by atoms with van der Waals surface area (Å²) in [4.78, 5) is 23.5. The summed E-state index contributed by atoms with van der Waals surface area (Å²) in [6.07, 6.45) is 3.55. The van der Waals surface area contributed by atoms with Gasteiger partial charge < -0.3 is 15.5 Å². The second kappa shape index (κ2) is 9.59. The number of nitrogens with zero attached hydrogens (tertiary/aromatic N) is 3. The Bertz CT molecular complexity index is 990. The van der Waals surface area contributed by atoms with Crippen molar-refractivity contribution in [2.75, 3.05) is 30.3 Å². The Kier molecular flexibility index (Phi) is 6.44. The number of hydrogen-bond donors (Lipinski definition) is 2. The smallest absolute Gasteiger partial charge is 0.241 e. The third-order valence-corrected chi connectivity index (χ3v) is 5.59. The molecule has 0 spiro atoms. The van der Waals surface area contributed by atoms with E-state index in [2.05, 4.69) is 21.7 Å². The predicted octanol–water partition coefficient (Wildman–Crippen LogP) is 4.69. The second-order valence-electron chi connectivity index (χ2n) is 7.28. The van der Waals surface area contributed by atoms with Crippen LogP contribution in [0.2, 0.25) is 5.02 Å². The van der Waals surface area contributed by atoms with Crippen molar-refractivity contribution >= 4 is 34.8 Å². The normalized spacial score (nSPS) is 14.4. The molecular weight excluding hydrogens is 398 g/mol. The minimum Gasteiger partial charge on any atom is -0.375 e. The molecule has 4 rings (SSSR count). The van der Waals surface area contributed by atoms with Crippen LogP contribution < -0.4 is 10.6 Å². The van der Waals surface area contributed by atoms with E-state index in [4.69, 9.17) is 16.6 Å². The van der Waals surface area contributed by atoms with Crippen molar-refractivity contribution in [1.29, 1.82) is 0 Å². The van der Waals surface area contributed by atoms with E-state index in [1.54, 1.807) is 6.20 Å². The zero-order valence-corrected chi connectivity index (χ0v) is 17.3. The molecule has 1 fully saturated rings. The maximum absolute atomic E-state index is 12.6. The quantitative estimate of drug-likeness (QED) is 0.604. The fourth-order valence-corrected chi connectivity index (χ4v) is 3.83. The van der Waals surface area contributed by atoms with Crippen LogP contribution >= 0.6 is 11.6 Å². The monoisotopic (exact) mass is 421 g/mol. The summed E-state index contributed by atoms with van der Waals surface area (Å²) < 4.78 is 0. The average molecular weight is 422 g/mol. The number of piperidine rings is 1. The van der Waals surface area contributed by atoms with E-state index in [9.17, 15) is 4.79 Å². The molecule has 154 valence electrons. The molecule has 2 aromatic heterocycles. The third-order valence-electron chi connectivity index (χ3n) is 5.26. The van der Waals surface area contributed by atoms with Crippen LogP contribution in [-0.4, -0.2) is 40.4 Å². The second-order valence-corrected chi connectivity index (χ2v) is 7.68. The number of carbonyl (C=O) groups is 1. The molecular formula is C23H24ClN5O. The number of halogens is 1. The van der Waals surface area contributed by atoms with Crippen LogP contribution in [0.5, 0.6) is 0 Å². The lowest BCUT2D eigenvalue weighted by Crippen LogP contribution is -2.41. The highest BCUT2D eigenvalue weighted by Gasteiger charge is 2.24. The number of carbonyl (C=O) groups excluding carboxylic acids is 1. The molecule has 1 saturated heterocycles. The molecule has 3 heterocycles. The van der Waals surface area contributed by atoms with Gasteiger partial charge in [0.2, 0.25) is 5.91 Å². The number of hydrogen-bond acceptors (Lipinski definition) is 5. The van der Waals surface area contributed by atoms with E-state index in [0.717, 1.165) is 48.9 Å². The minimum absolute atomic E-state index is 0.0897. The van der Waals surface area contributed by atoms with Crippen molar-refractivity contribution in [2.24, 2.45) is 0 Å². The van der Waals surface area contributed by atoms with Gasteiger partial charge in [0.1, 0.15) is 11.6 Å². The number of amides is 1. The molecule has 0 unspecified atom stereocenters. The highest BCUT2D eigenvalue weighted by atomic mass is 35.5. The van der Waals surface area contributed by atoms with Gasteiger partial charge in [-0.05, 0) is 49.2 Å². The average Bonchev–Trinajstić information content (AvgIpc) is 2.79. The van der Waals surface area contributed by atoms with Gasteiger partial charge in [-0.1, -0.05) is 35.9 Å². The first-order chi connectivity index (χ1) is 14.7. The predicted molar refractivity (Wildman–Crippen MR) is 120 cm³/mol. The van der Waals surface area contributed by atoms with Crippen molar-refractivity contribution in [2.45, 2.75) is 18.8 Å². The van der Waals surface area contributed by atoms with Gasteiger partial charge in [-0.15, -0.1) is 0 Å². The van der Waals surface area contributed by atoms with Crippen molar-refractivity contribution in [3.8, 4) is 0 Å². The fourth-order valence-electron chi connectivity index (χ4n) is 3.63. The van der Waals surface area contributed by atoms with Crippen LogP contribution in [0.15, 0.2) is 66.9 Å². The summed E-state index contributed by atoms with van der Waals surface area (Å²) in [6, 6.07) is 19.2. The Hall–Kier alpha value is -3.12. The van der Waals surface area contributed by atoms with Gasteiger partial charge in [-0.2, -0.15) is 0 Å². The Morgan fingerprint density at radius 3 is 2.53 bits per heavy atom. The lowest BCUT2D eigenvalue weighted by atomic mass is 9.93. The van der Waals surface area contributed by atoms with Gasteiger partial charge in [-0.25, -0.2) is 9.97 Å². The molecule has 3 aromatic rings. The first kappa shape index (κ1) is 20.2. The maximum atomic E-state index is 12.6. The molecule has 1 aromatic carbocycles. The Labute approximate surface area is 181 Å². The highest BCUT2D eigenvalue weighted by Crippen LogP contribution is 2.28. The Morgan fingerprint density at radius 2 is 1.77 bits per heavy atom. The van der Waals surface area contributed by atoms with Crippen LogP contribution in [0.25, 0.3) is 0 Å². The van der Waals surface area contributed by atoms with Crippen molar-refractivity contribution in [1.82, 2.24) is 14.9 Å². The number of anilines is 3. The molecule has 0 aliphatic carbocycles. The van der Waals surface area contributed by atoms with Gasteiger partial charge in [-0.3, -0.25) is 4.79 Å². The molecule has 30 heavy (non-hydrogen) atoms. The van der Waals surface area contributed by atoms with E-state index < -0.39 is 0 Å². The standard InChI is InChI=1S/C23H24ClN5O/c24-18-6-1-2-7-20(18)26-16-23(30)29-14-11-17(12-15-29)19-8-5-10-22(27-19)28-21-9-3-4-13-25-21/h1-10,13,17,26H,11-12,14-16H2,(H,25,27,28). The molecule has 6 nitrogen and oxygen atoms in total. The molecule has 0 bridgehead atoms. The van der Waals surface area contributed by atoms with Crippen molar-refractivity contribution < 1.29 is 4.79 Å². The van der Waals surface area contributed by atoms with E-state index in [1.807, 2.05) is 59.5 Å². The molecule has 1 aliphatic heterocycles. The fraction of sp³-hybridized carbons (Fsp3) is 0.261. The number of pyridine rings is 2. The topological polar surface area (TPSA) is 70.2 Å². The van der Waals surface area contributed by atoms with Crippen LogP contribution in [0.1, 0.15) is 24.5 Å². The van der Waals surface area contributed by atoms with Crippen LogP contribution in [-0.2, 0) is 4.79 Å². The number of nitrogens with one attached hydrogen (secondary N) is 2. The first-order valence-corrected chi connectivity index (χ1v) is 10.5. The van der Waals surface area contributed by atoms with Gasteiger partial charge in [0.15, 0.2) is 0 Å². The third kappa shape index (κ3) is 5.07. The zero-order valence-electron chi connectivity index (χ0n) is 16.6. The van der Waals surface area contributed by atoms with E-state index >= 15 is 0 Å². The SMILES string of the molecule is O=C(CNc1ccccc1Cl)N1CCC(c2cccc(Nc3ccccn3)n2)CC1. The molecule has 1 aliphatic rings. The molecule has 2 N–H and O–H groups in total. The van der Waals surface area contributed by atoms with E-state index in [1.165, 1.54) is 0 Å². The van der Waals surface area contributed by atoms with E-state index in [-0.39, 0.29) is 12.5 Å². The lowest BCUT2D eigenvalue weighted by molar-refractivity contribution is -0.130. The number of likely N-dealkylation sites (tertiary alicyclic amines) is 1. The van der Waals surface area contributed by atoms with Gasteiger partial charge >= 0.3 is 0 Å². The van der Waals surface area contributed by atoms with Crippen LogP contribution in [0.3, 0.4) is 0 Å². The summed E-state index contributed by atoms with van der Waals surface area (Å²) in [5.41, 5.74) is 1.83.